The van der Waals surface area contributed by atoms with E-state index in [0.717, 1.165) is 0 Å². The normalized spacial score (nSPS) is 10.0. The molecule has 2 N–H and O–H groups in total. The minimum absolute atomic E-state index is 0.182. The Morgan fingerprint density at radius 3 is 2.52 bits per heavy atom. The molecule has 0 fully saturated rings. The Bertz CT molecular complexity index is 726. The monoisotopic (exact) mass is 373 g/mol. The number of amides is 3. The van der Waals surface area contributed by atoms with Gasteiger partial charge in [0.2, 0.25) is 0 Å². The lowest BCUT2D eigenvalue weighted by Gasteiger charge is -2.09. The van der Waals surface area contributed by atoms with Gasteiger partial charge in [0.15, 0.2) is 6.61 Å². The minimum Gasteiger partial charge on any atom is -0.482 e. The van der Waals surface area contributed by atoms with Crippen LogP contribution < -0.4 is 15.4 Å². The number of imide groups is 1. The number of aromatic nitrogens is 1. The van der Waals surface area contributed by atoms with Crippen molar-refractivity contribution >= 4 is 52.6 Å². The molecule has 2 aromatic rings. The quantitative estimate of drug-likeness (QED) is 0.798. The van der Waals surface area contributed by atoms with Crippen molar-refractivity contribution in [2.24, 2.45) is 0 Å². The number of benzene rings is 1. The molecular weight excluding hydrogens is 365 g/mol. The molecule has 6 nitrogen and oxygen atoms in total. The summed E-state index contributed by atoms with van der Waals surface area (Å²) in [5, 5.41) is 5.19. The predicted molar refractivity (Wildman–Crippen MR) is 88.4 cm³/mol. The number of hydrogen-bond acceptors (Lipinski definition) is 4. The van der Waals surface area contributed by atoms with Crippen LogP contribution in [0.3, 0.4) is 0 Å². The molecule has 0 aliphatic heterocycles. The van der Waals surface area contributed by atoms with Gasteiger partial charge >= 0.3 is 6.03 Å². The van der Waals surface area contributed by atoms with Crippen LogP contribution in [0.4, 0.5) is 10.6 Å². The van der Waals surface area contributed by atoms with E-state index >= 15 is 0 Å². The molecule has 2 rings (SSSR count). The second-order valence-corrected chi connectivity index (χ2v) is 5.42. The molecular formula is C14H10Cl3N3O3. The van der Waals surface area contributed by atoms with E-state index in [1.165, 1.54) is 18.3 Å². The maximum absolute atomic E-state index is 11.7. The number of urea groups is 1. The highest BCUT2D eigenvalue weighted by atomic mass is 35.5. The van der Waals surface area contributed by atoms with Crippen LogP contribution in [-0.4, -0.2) is 23.5 Å². The van der Waals surface area contributed by atoms with Gasteiger partial charge in [0.05, 0.1) is 15.1 Å². The van der Waals surface area contributed by atoms with Gasteiger partial charge in [0.1, 0.15) is 11.6 Å². The fourth-order valence-corrected chi connectivity index (χ4v) is 2.10. The summed E-state index contributed by atoms with van der Waals surface area (Å²) in [6.07, 6.45) is 1.51. The smallest absolute Gasteiger partial charge is 0.327 e. The van der Waals surface area contributed by atoms with Gasteiger partial charge in [0.25, 0.3) is 5.91 Å². The zero-order chi connectivity index (χ0) is 16.8. The molecule has 0 saturated carbocycles. The van der Waals surface area contributed by atoms with Crippen LogP contribution in [-0.2, 0) is 4.79 Å². The van der Waals surface area contributed by atoms with Gasteiger partial charge in [-0.1, -0.05) is 40.9 Å². The van der Waals surface area contributed by atoms with E-state index in [2.05, 4.69) is 15.6 Å². The number of pyridine rings is 1. The van der Waals surface area contributed by atoms with Crippen LogP contribution >= 0.6 is 34.8 Å². The summed E-state index contributed by atoms with van der Waals surface area (Å²) < 4.78 is 5.20. The summed E-state index contributed by atoms with van der Waals surface area (Å²) in [5.41, 5.74) is 0. The van der Waals surface area contributed by atoms with Crippen molar-refractivity contribution in [3.8, 4) is 5.75 Å². The molecule has 0 saturated heterocycles. The third-order valence-electron chi connectivity index (χ3n) is 2.49. The van der Waals surface area contributed by atoms with Crippen LogP contribution in [0.5, 0.6) is 5.75 Å². The van der Waals surface area contributed by atoms with Gasteiger partial charge in [-0.2, -0.15) is 0 Å². The van der Waals surface area contributed by atoms with Crippen molar-refractivity contribution in [2.75, 3.05) is 11.9 Å². The molecule has 3 amide bonds. The molecule has 0 atom stereocenters. The van der Waals surface area contributed by atoms with Crippen molar-refractivity contribution in [2.45, 2.75) is 0 Å². The van der Waals surface area contributed by atoms with Gasteiger partial charge < -0.3 is 4.74 Å². The van der Waals surface area contributed by atoms with Gasteiger partial charge in [0, 0.05) is 12.3 Å². The number of carbonyl (C=O) groups is 2. The molecule has 0 unspecified atom stereocenters. The highest BCUT2D eigenvalue weighted by Crippen LogP contribution is 2.33. The summed E-state index contributed by atoms with van der Waals surface area (Å²) in [4.78, 5) is 27.1. The first-order chi connectivity index (χ1) is 11.0. The standard InChI is InChI=1S/C14H10Cl3N3O3/c15-8-5-10(17)11(6-9(8)16)23-7-13(21)20-14(22)19-12-3-1-2-4-18-12/h1-6H,7H2,(H2,18,19,20,21,22). The molecule has 1 aromatic carbocycles. The van der Waals surface area contributed by atoms with E-state index in [-0.39, 0.29) is 20.8 Å². The Balaban J connectivity index is 1.85. The molecule has 120 valence electrons. The second kappa shape index (κ2) is 8.01. The minimum atomic E-state index is -0.725. The first-order valence-corrected chi connectivity index (χ1v) is 7.38. The largest absolute Gasteiger partial charge is 0.482 e. The van der Waals surface area contributed by atoms with Crippen LogP contribution in [0.2, 0.25) is 15.1 Å². The van der Waals surface area contributed by atoms with E-state index < -0.39 is 18.5 Å². The molecule has 9 heteroatoms. The lowest BCUT2D eigenvalue weighted by atomic mass is 10.3. The number of hydrogen-bond donors (Lipinski definition) is 2. The van der Waals surface area contributed by atoms with E-state index in [1.807, 2.05) is 0 Å². The van der Waals surface area contributed by atoms with Crippen LogP contribution in [0.15, 0.2) is 36.5 Å². The lowest BCUT2D eigenvalue weighted by Crippen LogP contribution is -2.37. The summed E-state index contributed by atoms with van der Waals surface area (Å²) in [7, 11) is 0. The number of rotatable bonds is 4. The van der Waals surface area contributed by atoms with E-state index in [1.54, 1.807) is 18.2 Å². The lowest BCUT2D eigenvalue weighted by molar-refractivity contribution is -0.121. The summed E-state index contributed by atoms with van der Waals surface area (Å²) in [5.74, 6) is -0.173. The highest BCUT2D eigenvalue weighted by Gasteiger charge is 2.12. The van der Waals surface area contributed by atoms with E-state index in [4.69, 9.17) is 39.5 Å². The molecule has 0 bridgehead atoms. The van der Waals surface area contributed by atoms with E-state index in [0.29, 0.717) is 5.82 Å². The molecule has 0 aliphatic rings. The summed E-state index contributed by atoms with van der Waals surface area (Å²) in [6, 6.07) is 7.02. The van der Waals surface area contributed by atoms with Crippen molar-refractivity contribution in [3.63, 3.8) is 0 Å². The van der Waals surface area contributed by atoms with Gasteiger partial charge in [-0.3, -0.25) is 15.4 Å². The highest BCUT2D eigenvalue weighted by molar-refractivity contribution is 6.43. The fourth-order valence-electron chi connectivity index (χ4n) is 1.51. The maximum atomic E-state index is 11.7. The molecule has 23 heavy (non-hydrogen) atoms. The first-order valence-electron chi connectivity index (χ1n) is 6.25. The Kier molecular flexibility index (Phi) is 6.04. The topological polar surface area (TPSA) is 80.3 Å². The Morgan fingerprint density at radius 2 is 1.83 bits per heavy atom. The first kappa shape index (κ1) is 17.3. The molecule has 0 aliphatic carbocycles. The zero-order valence-corrected chi connectivity index (χ0v) is 13.7. The molecule has 0 spiro atoms. The number of nitrogens with one attached hydrogen (secondary N) is 2. The third kappa shape index (κ3) is 5.28. The molecule has 1 heterocycles. The third-order valence-corrected chi connectivity index (χ3v) is 3.51. The zero-order valence-electron chi connectivity index (χ0n) is 11.5. The van der Waals surface area contributed by atoms with Crippen LogP contribution in [0, 0.1) is 0 Å². The van der Waals surface area contributed by atoms with Crippen molar-refractivity contribution in [1.29, 1.82) is 0 Å². The SMILES string of the molecule is O=C(COc1cc(Cl)c(Cl)cc1Cl)NC(=O)Nc1ccccn1. The molecule has 1 aromatic heterocycles. The number of carbonyl (C=O) groups excluding carboxylic acids is 2. The Morgan fingerprint density at radius 1 is 1.09 bits per heavy atom. The van der Waals surface area contributed by atoms with Crippen molar-refractivity contribution < 1.29 is 14.3 Å². The average Bonchev–Trinajstić information content (AvgIpc) is 2.50. The second-order valence-electron chi connectivity index (χ2n) is 4.20. The average molecular weight is 375 g/mol. The Hall–Kier alpha value is -2.02. The number of anilines is 1. The number of nitrogens with zero attached hydrogens (tertiary/aromatic N) is 1. The van der Waals surface area contributed by atoms with Gasteiger partial charge in [-0.25, -0.2) is 9.78 Å². The summed E-state index contributed by atoms with van der Waals surface area (Å²) in [6.45, 7) is -0.423. The van der Waals surface area contributed by atoms with Gasteiger partial charge in [-0.05, 0) is 18.2 Å². The van der Waals surface area contributed by atoms with Crippen LogP contribution in [0.1, 0.15) is 0 Å². The van der Waals surface area contributed by atoms with Crippen molar-refractivity contribution in [3.05, 3.63) is 51.6 Å². The fraction of sp³-hybridized carbons (Fsp3) is 0.0714. The van der Waals surface area contributed by atoms with Gasteiger partial charge in [-0.15, -0.1) is 0 Å². The molecule has 0 radical (unpaired) electrons. The van der Waals surface area contributed by atoms with Crippen molar-refractivity contribution in [1.82, 2.24) is 10.3 Å². The maximum Gasteiger partial charge on any atom is 0.327 e. The van der Waals surface area contributed by atoms with Crippen LogP contribution in [0.25, 0.3) is 0 Å². The predicted octanol–water partition coefficient (Wildman–Crippen LogP) is 3.77. The summed E-state index contributed by atoms with van der Waals surface area (Å²) >= 11 is 17.5. The Labute approximate surface area is 146 Å². The number of halogens is 3. The van der Waals surface area contributed by atoms with E-state index in [9.17, 15) is 9.59 Å². The number of ether oxygens (including phenoxy) is 1.